The molecule has 3 aliphatic rings. The third kappa shape index (κ3) is 3.80. The Balaban J connectivity index is 1.65. The molecule has 0 amide bonds. The van der Waals surface area contributed by atoms with E-state index in [2.05, 4.69) is 12.2 Å². The van der Waals surface area contributed by atoms with E-state index in [1.165, 1.54) is 51.5 Å². The molecule has 21 heavy (non-hydrogen) atoms. The summed E-state index contributed by atoms with van der Waals surface area (Å²) in [6, 6.07) is 0.732. The van der Waals surface area contributed by atoms with Crippen molar-refractivity contribution in [1.82, 2.24) is 5.32 Å². The zero-order chi connectivity index (χ0) is 14.5. The van der Waals surface area contributed by atoms with Gasteiger partial charge in [-0.3, -0.25) is 0 Å². The second-order valence-electron chi connectivity index (χ2n) is 7.42. The first-order valence-electron chi connectivity index (χ1n) is 9.28. The molecule has 3 nitrogen and oxygen atoms in total. The van der Waals surface area contributed by atoms with Crippen LogP contribution in [-0.2, 0) is 9.47 Å². The smallest absolute Gasteiger partial charge is 0.0729 e. The number of ether oxygens (including phenoxy) is 2. The molecule has 2 aliphatic heterocycles. The average molecular weight is 295 g/mol. The molecule has 0 radical (unpaired) electrons. The molecule has 3 fully saturated rings. The second kappa shape index (κ2) is 7.43. The monoisotopic (exact) mass is 295 g/mol. The van der Waals surface area contributed by atoms with E-state index >= 15 is 0 Å². The predicted octanol–water partition coefficient (Wildman–Crippen LogP) is 3.52. The van der Waals surface area contributed by atoms with Gasteiger partial charge in [0.1, 0.15) is 0 Å². The molecule has 2 heterocycles. The Morgan fingerprint density at radius 1 is 1.05 bits per heavy atom. The summed E-state index contributed by atoms with van der Waals surface area (Å²) in [4.78, 5) is 0. The number of hydrogen-bond donors (Lipinski definition) is 1. The van der Waals surface area contributed by atoms with Gasteiger partial charge in [-0.2, -0.15) is 0 Å². The lowest BCUT2D eigenvalue weighted by atomic mass is 9.74. The summed E-state index contributed by atoms with van der Waals surface area (Å²) in [5.74, 6) is 1.73. The van der Waals surface area contributed by atoms with Crippen LogP contribution in [0.3, 0.4) is 0 Å². The fourth-order valence-corrected chi connectivity index (χ4v) is 4.81. The molecule has 1 saturated carbocycles. The highest BCUT2D eigenvalue weighted by molar-refractivity contribution is 4.95. The van der Waals surface area contributed by atoms with E-state index in [0.29, 0.717) is 0 Å². The highest BCUT2D eigenvalue weighted by Gasteiger charge is 2.42. The summed E-state index contributed by atoms with van der Waals surface area (Å²) in [6.45, 7) is 6.20. The first-order valence-corrected chi connectivity index (χ1v) is 9.28. The van der Waals surface area contributed by atoms with Crippen molar-refractivity contribution in [3.05, 3.63) is 0 Å². The molecule has 2 atom stereocenters. The van der Waals surface area contributed by atoms with Gasteiger partial charge in [0, 0.05) is 25.9 Å². The number of hydrogen-bond acceptors (Lipinski definition) is 3. The fourth-order valence-electron chi connectivity index (χ4n) is 4.81. The van der Waals surface area contributed by atoms with E-state index in [-0.39, 0.29) is 5.60 Å². The lowest BCUT2D eigenvalue weighted by Crippen LogP contribution is -2.51. The summed E-state index contributed by atoms with van der Waals surface area (Å²) in [5, 5.41) is 3.92. The van der Waals surface area contributed by atoms with Gasteiger partial charge in [0.2, 0.25) is 0 Å². The molecule has 2 unspecified atom stereocenters. The van der Waals surface area contributed by atoms with Crippen LogP contribution in [0.15, 0.2) is 0 Å². The standard InChI is InChI=1S/C18H33NO2/c1-2-10-19-17(15-5-3-4-6-15)16-7-11-21-18(14-16)8-12-20-13-9-18/h15-17,19H,2-14H2,1H3. The van der Waals surface area contributed by atoms with Gasteiger partial charge in [-0.1, -0.05) is 19.8 Å². The zero-order valence-corrected chi connectivity index (χ0v) is 13.7. The van der Waals surface area contributed by atoms with Crippen LogP contribution in [-0.4, -0.2) is 38.0 Å². The van der Waals surface area contributed by atoms with Gasteiger partial charge >= 0.3 is 0 Å². The first kappa shape index (κ1) is 15.8. The van der Waals surface area contributed by atoms with Crippen LogP contribution in [0.5, 0.6) is 0 Å². The van der Waals surface area contributed by atoms with E-state index in [4.69, 9.17) is 9.47 Å². The van der Waals surface area contributed by atoms with E-state index in [0.717, 1.165) is 50.5 Å². The molecule has 2 saturated heterocycles. The molecule has 3 rings (SSSR count). The van der Waals surface area contributed by atoms with E-state index < -0.39 is 0 Å². The molecule has 122 valence electrons. The van der Waals surface area contributed by atoms with Crippen LogP contribution in [0.25, 0.3) is 0 Å². The van der Waals surface area contributed by atoms with Gasteiger partial charge in [0.05, 0.1) is 5.60 Å². The lowest BCUT2D eigenvalue weighted by molar-refractivity contribution is -0.151. The summed E-state index contributed by atoms with van der Waals surface area (Å²) in [6.07, 6.45) is 11.7. The maximum atomic E-state index is 6.25. The van der Waals surface area contributed by atoms with Crippen molar-refractivity contribution in [2.75, 3.05) is 26.4 Å². The van der Waals surface area contributed by atoms with Crippen molar-refractivity contribution in [1.29, 1.82) is 0 Å². The van der Waals surface area contributed by atoms with Crippen LogP contribution in [0.4, 0.5) is 0 Å². The molecule has 1 aliphatic carbocycles. The van der Waals surface area contributed by atoms with Crippen LogP contribution in [0, 0.1) is 11.8 Å². The van der Waals surface area contributed by atoms with Crippen LogP contribution in [0.2, 0.25) is 0 Å². The van der Waals surface area contributed by atoms with Crippen molar-refractivity contribution in [3.8, 4) is 0 Å². The fraction of sp³-hybridized carbons (Fsp3) is 1.00. The average Bonchev–Trinajstić information content (AvgIpc) is 3.03. The third-order valence-electron chi connectivity index (χ3n) is 5.98. The van der Waals surface area contributed by atoms with Crippen molar-refractivity contribution in [2.45, 2.75) is 76.4 Å². The third-order valence-corrected chi connectivity index (χ3v) is 5.98. The van der Waals surface area contributed by atoms with Crippen LogP contribution >= 0.6 is 0 Å². The summed E-state index contributed by atoms with van der Waals surface area (Å²) in [5.41, 5.74) is 0.145. The molecule has 1 N–H and O–H groups in total. The lowest BCUT2D eigenvalue weighted by Gasteiger charge is -2.46. The largest absolute Gasteiger partial charge is 0.381 e. The molecule has 0 bridgehead atoms. The molecule has 3 heteroatoms. The minimum Gasteiger partial charge on any atom is -0.381 e. The van der Waals surface area contributed by atoms with Crippen molar-refractivity contribution in [2.24, 2.45) is 11.8 Å². The van der Waals surface area contributed by atoms with Crippen LogP contribution < -0.4 is 5.32 Å². The second-order valence-corrected chi connectivity index (χ2v) is 7.42. The SMILES string of the molecule is CCCNC(C1CCCC1)C1CCOC2(CCOCC2)C1. The minimum absolute atomic E-state index is 0.145. The van der Waals surface area contributed by atoms with E-state index in [1.54, 1.807) is 0 Å². The van der Waals surface area contributed by atoms with Gasteiger partial charge < -0.3 is 14.8 Å². The molecular formula is C18H33NO2. The minimum atomic E-state index is 0.145. The first-order chi connectivity index (χ1) is 10.3. The Labute approximate surface area is 130 Å². The topological polar surface area (TPSA) is 30.5 Å². The van der Waals surface area contributed by atoms with Crippen LogP contribution in [0.1, 0.15) is 64.7 Å². The molecule has 0 aromatic rings. The Morgan fingerprint density at radius 2 is 1.81 bits per heavy atom. The van der Waals surface area contributed by atoms with Gasteiger partial charge in [-0.25, -0.2) is 0 Å². The van der Waals surface area contributed by atoms with E-state index in [9.17, 15) is 0 Å². The van der Waals surface area contributed by atoms with Gasteiger partial charge in [0.25, 0.3) is 0 Å². The van der Waals surface area contributed by atoms with Crippen molar-refractivity contribution in [3.63, 3.8) is 0 Å². The summed E-state index contributed by atoms with van der Waals surface area (Å²) >= 11 is 0. The normalized spacial score (nSPS) is 31.6. The molecule has 0 aromatic carbocycles. The Kier molecular flexibility index (Phi) is 5.58. The number of nitrogens with one attached hydrogen (secondary N) is 1. The zero-order valence-electron chi connectivity index (χ0n) is 13.7. The van der Waals surface area contributed by atoms with Gasteiger partial charge in [-0.15, -0.1) is 0 Å². The van der Waals surface area contributed by atoms with Crippen molar-refractivity contribution >= 4 is 0 Å². The van der Waals surface area contributed by atoms with Crippen molar-refractivity contribution < 1.29 is 9.47 Å². The quantitative estimate of drug-likeness (QED) is 0.842. The van der Waals surface area contributed by atoms with Gasteiger partial charge in [-0.05, 0) is 63.3 Å². The summed E-state index contributed by atoms with van der Waals surface area (Å²) < 4.78 is 11.8. The maximum Gasteiger partial charge on any atom is 0.0729 e. The molecule has 1 spiro atoms. The van der Waals surface area contributed by atoms with Gasteiger partial charge in [0.15, 0.2) is 0 Å². The summed E-state index contributed by atoms with van der Waals surface area (Å²) in [7, 11) is 0. The Morgan fingerprint density at radius 3 is 2.52 bits per heavy atom. The highest BCUT2D eigenvalue weighted by atomic mass is 16.5. The molecular weight excluding hydrogens is 262 g/mol. The maximum absolute atomic E-state index is 6.25. The molecule has 0 aromatic heterocycles. The Hall–Kier alpha value is -0.120. The van der Waals surface area contributed by atoms with E-state index in [1.807, 2.05) is 0 Å². The Bertz CT molecular complexity index is 303. The predicted molar refractivity (Wildman–Crippen MR) is 85.5 cm³/mol. The highest BCUT2D eigenvalue weighted by Crippen LogP contribution is 2.41. The number of rotatable bonds is 5.